The first-order valence-electron chi connectivity index (χ1n) is 8.20. The number of carbonyl (C=O) groups excluding carboxylic acids is 2. The molecular formula is C18H25N3O3. The third-order valence-corrected chi connectivity index (χ3v) is 3.93. The molecule has 0 bridgehead atoms. The SMILES string of the molecule is CCN(C/C=C/c1ccccc1)C(=O)NCC1CN(C)C(=O)CO1. The van der Waals surface area contributed by atoms with Crippen LogP contribution in [0.25, 0.3) is 6.08 Å². The van der Waals surface area contributed by atoms with Crippen molar-refractivity contribution in [3.8, 4) is 0 Å². The van der Waals surface area contributed by atoms with Crippen molar-refractivity contribution in [3.63, 3.8) is 0 Å². The lowest BCUT2D eigenvalue weighted by atomic mass is 10.2. The van der Waals surface area contributed by atoms with Crippen molar-refractivity contribution in [2.24, 2.45) is 0 Å². The Morgan fingerprint density at radius 1 is 1.42 bits per heavy atom. The molecule has 1 aliphatic rings. The van der Waals surface area contributed by atoms with Gasteiger partial charge >= 0.3 is 6.03 Å². The van der Waals surface area contributed by atoms with Crippen LogP contribution in [0.15, 0.2) is 36.4 Å². The van der Waals surface area contributed by atoms with Crippen molar-refractivity contribution in [3.05, 3.63) is 42.0 Å². The molecular weight excluding hydrogens is 306 g/mol. The Bertz CT molecular complexity index is 574. The maximum atomic E-state index is 12.2. The highest BCUT2D eigenvalue weighted by atomic mass is 16.5. The van der Waals surface area contributed by atoms with E-state index in [0.29, 0.717) is 26.2 Å². The fourth-order valence-electron chi connectivity index (χ4n) is 2.43. The van der Waals surface area contributed by atoms with Crippen LogP contribution < -0.4 is 5.32 Å². The quantitative estimate of drug-likeness (QED) is 0.861. The van der Waals surface area contributed by atoms with Crippen LogP contribution in [0.2, 0.25) is 0 Å². The number of benzene rings is 1. The molecule has 2 rings (SSSR count). The summed E-state index contributed by atoms with van der Waals surface area (Å²) in [6.07, 6.45) is 3.82. The largest absolute Gasteiger partial charge is 0.365 e. The van der Waals surface area contributed by atoms with Gasteiger partial charge in [0.25, 0.3) is 0 Å². The zero-order chi connectivity index (χ0) is 17.4. The fraction of sp³-hybridized carbons (Fsp3) is 0.444. The summed E-state index contributed by atoms with van der Waals surface area (Å²) in [4.78, 5) is 27.0. The van der Waals surface area contributed by atoms with E-state index in [0.717, 1.165) is 5.56 Å². The summed E-state index contributed by atoms with van der Waals surface area (Å²) in [5.74, 6) is -0.0289. The molecule has 3 amide bonds. The normalized spacial score (nSPS) is 18.0. The second-order valence-corrected chi connectivity index (χ2v) is 5.75. The Morgan fingerprint density at radius 3 is 2.83 bits per heavy atom. The molecule has 130 valence electrons. The summed E-state index contributed by atoms with van der Waals surface area (Å²) in [6.45, 7) is 4.08. The van der Waals surface area contributed by atoms with E-state index in [1.165, 1.54) is 0 Å². The topological polar surface area (TPSA) is 61.9 Å². The molecule has 1 aromatic carbocycles. The minimum absolute atomic E-state index is 0.0289. The summed E-state index contributed by atoms with van der Waals surface area (Å²) in [7, 11) is 1.74. The first-order valence-corrected chi connectivity index (χ1v) is 8.20. The number of nitrogens with zero attached hydrogens (tertiary/aromatic N) is 2. The lowest BCUT2D eigenvalue weighted by Gasteiger charge is -2.30. The highest BCUT2D eigenvalue weighted by Crippen LogP contribution is 2.04. The summed E-state index contributed by atoms with van der Waals surface area (Å²) >= 11 is 0. The number of urea groups is 1. The van der Waals surface area contributed by atoms with Gasteiger partial charge in [-0.25, -0.2) is 4.79 Å². The molecule has 0 saturated carbocycles. The summed E-state index contributed by atoms with van der Waals surface area (Å²) < 4.78 is 5.42. The maximum Gasteiger partial charge on any atom is 0.317 e. The monoisotopic (exact) mass is 331 g/mol. The maximum absolute atomic E-state index is 12.2. The lowest BCUT2D eigenvalue weighted by Crippen LogP contribution is -2.50. The fourth-order valence-corrected chi connectivity index (χ4v) is 2.43. The molecule has 1 aromatic rings. The van der Waals surface area contributed by atoms with Crippen LogP contribution in [-0.2, 0) is 9.53 Å². The van der Waals surface area contributed by atoms with Crippen LogP contribution in [0.5, 0.6) is 0 Å². The molecule has 6 heteroatoms. The molecule has 6 nitrogen and oxygen atoms in total. The number of likely N-dealkylation sites (N-methyl/N-ethyl adjacent to an activating group) is 2. The van der Waals surface area contributed by atoms with Gasteiger partial charge in [-0.3, -0.25) is 4.79 Å². The molecule has 1 aliphatic heterocycles. The van der Waals surface area contributed by atoms with Crippen LogP contribution >= 0.6 is 0 Å². The molecule has 1 N–H and O–H groups in total. The van der Waals surface area contributed by atoms with Gasteiger partial charge < -0.3 is 19.9 Å². The zero-order valence-corrected chi connectivity index (χ0v) is 14.3. The Hall–Kier alpha value is -2.34. The third-order valence-electron chi connectivity index (χ3n) is 3.93. The average molecular weight is 331 g/mol. The van der Waals surface area contributed by atoms with Crippen molar-refractivity contribution in [2.75, 3.05) is 39.8 Å². The van der Waals surface area contributed by atoms with E-state index < -0.39 is 0 Å². The van der Waals surface area contributed by atoms with Gasteiger partial charge in [-0.2, -0.15) is 0 Å². The van der Waals surface area contributed by atoms with E-state index in [9.17, 15) is 9.59 Å². The highest BCUT2D eigenvalue weighted by Gasteiger charge is 2.24. The number of morpholine rings is 1. The Labute approximate surface area is 143 Å². The number of rotatable bonds is 6. The van der Waals surface area contributed by atoms with Crippen molar-refractivity contribution < 1.29 is 14.3 Å². The highest BCUT2D eigenvalue weighted by molar-refractivity contribution is 5.78. The first kappa shape index (κ1) is 18.0. The number of carbonyl (C=O) groups is 2. The van der Waals surface area contributed by atoms with Gasteiger partial charge in [0.05, 0.1) is 6.10 Å². The van der Waals surface area contributed by atoms with E-state index in [2.05, 4.69) is 5.32 Å². The number of ether oxygens (including phenoxy) is 1. The molecule has 1 saturated heterocycles. The smallest absolute Gasteiger partial charge is 0.317 e. The van der Waals surface area contributed by atoms with Crippen LogP contribution in [0.4, 0.5) is 4.79 Å². The van der Waals surface area contributed by atoms with Gasteiger partial charge in [0.1, 0.15) is 6.61 Å². The molecule has 0 radical (unpaired) electrons. The predicted molar refractivity (Wildman–Crippen MR) is 93.5 cm³/mol. The van der Waals surface area contributed by atoms with Crippen molar-refractivity contribution in [1.29, 1.82) is 0 Å². The lowest BCUT2D eigenvalue weighted by molar-refractivity contribution is -0.146. The molecule has 1 atom stereocenters. The van der Waals surface area contributed by atoms with Crippen LogP contribution in [0.1, 0.15) is 12.5 Å². The molecule has 24 heavy (non-hydrogen) atoms. The van der Waals surface area contributed by atoms with Gasteiger partial charge in [0.2, 0.25) is 5.91 Å². The Kier molecular flexibility index (Phi) is 6.81. The van der Waals surface area contributed by atoms with Crippen LogP contribution in [-0.4, -0.2) is 67.7 Å². The second kappa shape index (κ2) is 9.08. The Balaban J connectivity index is 1.77. The predicted octanol–water partition coefficient (Wildman–Crippen LogP) is 1.59. The van der Waals surface area contributed by atoms with E-state index in [-0.39, 0.29) is 24.6 Å². The molecule has 1 heterocycles. The third kappa shape index (κ3) is 5.38. The first-order chi connectivity index (χ1) is 11.6. The van der Waals surface area contributed by atoms with Crippen molar-refractivity contribution >= 4 is 18.0 Å². The van der Waals surface area contributed by atoms with Gasteiger partial charge in [0.15, 0.2) is 0 Å². The van der Waals surface area contributed by atoms with E-state index in [4.69, 9.17) is 4.74 Å². The number of nitrogens with one attached hydrogen (secondary N) is 1. The molecule has 0 spiro atoms. The number of hydrogen-bond donors (Lipinski definition) is 1. The van der Waals surface area contributed by atoms with Gasteiger partial charge in [-0.1, -0.05) is 42.5 Å². The summed E-state index contributed by atoms with van der Waals surface area (Å²) in [6, 6.07) is 9.85. The van der Waals surface area contributed by atoms with Crippen molar-refractivity contribution in [1.82, 2.24) is 15.1 Å². The number of amides is 3. The number of hydrogen-bond acceptors (Lipinski definition) is 3. The van der Waals surface area contributed by atoms with Crippen molar-refractivity contribution in [2.45, 2.75) is 13.0 Å². The molecule has 1 fully saturated rings. The average Bonchev–Trinajstić information content (AvgIpc) is 2.60. The minimum atomic E-state index is -0.157. The molecule has 1 unspecified atom stereocenters. The summed E-state index contributed by atoms with van der Waals surface area (Å²) in [5, 5.41) is 2.88. The summed E-state index contributed by atoms with van der Waals surface area (Å²) in [5.41, 5.74) is 1.11. The Morgan fingerprint density at radius 2 is 2.17 bits per heavy atom. The van der Waals surface area contributed by atoms with Gasteiger partial charge in [-0.15, -0.1) is 0 Å². The van der Waals surface area contributed by atoms with Crippen LogP contribution in [0, 0.1) is 0 Å². The van der Waals surface area contributed by atoms with E-state index in [1.54, 1.807) is 16.8 Å². The zero-order valence-electron chi connectivity index (χ0n) is 14.3. The second-order valence-electron chi connectivity index (χ2n) is 5.75. The van der Waals surface area contributed by atoms with E-state index >= 15 is 0 Å². The molecule has 0 aliphatic carbocycles. The van der Waals surface area contributed by atoms with Crippen LogP contribution in [0.3, 0.4) is 0 Å². The standard InChI is InChI=1S/C18H25N3O3/c1-3-21(11-7-10-15-8-5-4-6-9-15)18(23)19-12-16-13-20(2)17(22)14-24-16/h4-10,16H,3,11-14H2,1-2H3,(H,19,23)/b10-7+. The van der Waals surface area contributed by atoms with Gasteiger partial charge in [-0.05, 0) is 12.5 Å². The minimum Gasteiger partial charge on any atom is -0.365 e. The van der Waals surface area contributed by atoms with E-state index in [1.807, 2.05) is 49.4 Å². The molecule has 0 aromatic heterocycles. The van der Waals surface area contributed by atoms with Gasteiger partial charge in [0, 0.05) is 33.2 Å².